The molecule has 6 heteroatoms. The summed E-state index contributed by atoms with van der Waals surface area (Å²) in [6.45, 7) is 3.24. The zero-order valence-electron chi connectivity index (χ0n) is 12.7. The van der Waals surface area contributed by atoms with Crippen LogP contribution in [0.15, 0.2) is 34.9 Å². The summed E-state index contributed by atoms with van der Waals surface area (Å²) >= 11 is 5.98. The van der Waals surface area contributed by atoms with Crippen molar-refractivity contribution < 1.29 is 9.21 Å². The summed E-state index contributed by atoms with van der Waals surface area (Å²) in [6, 6.07) is 7.48. The van der Waals surface area contributed by atoms with Gasteiger partial charge in [-0.1, -0.05) is 23.7 Å². The molecule has 4 rings (SSSR count). The molecule has 0 radical (unpaired) electrons. The summed E-state index contributed by atoms with van der Waals surface area (Å²) in [5.74, 6) is 1.12. The summed E-state index contributed by atoms with van der Waals surface area (Å²) < 4.78 is 5.60. The number of nitrogens with one attached hydrogen (secondary N) is 1. The molecular formula is C17H18ClN3O2. The van der Waals surface area contributed by atoms with E-state index in [0.717, 1.165) is 25.1 Å². The summed E-state index contributed by atoms with van der Waals surface area (Å²) in [7, 11) is 0. The predicted molar refractivity (Wildman–Crippen MR) is 87.4 cm³/mol. The summed E-state index contributed by atoms with van der Waals surface area (Å²) in [4.78, 5) is 18.9. The van der Waals surface area contributed by atoms with Crippen LogP contribution >= 0.6 is 11.6 Å². The van der Waals surface area contributed by atoms with Gasteiger partial charge in [0.15, 0.2) is 5.76 Å². The normalized spacial score (nSPS) is 26.2. The number of oxazole rings is 1. The average Bonchev–Trinajstić information content (AvgIpc) is 3.14. The van der Waals surface area contributed by atoms with Crippen LogP contribution in [-0.4, -0.2) is 41.5 Å². The van der Waals surface area contributed by atoms with E-state index in [4.69, 9.17) is 16.0 Å². The molecule has 2 aliphatic heterocycles. The van der Waals surface area contributed by atoms with Crippen LogP contribution in [0, 0.1) is 5.92 Å². The third kappa shape index (κ3) is 3.12. The van der Waals surface area contributed by atoms with Crippen LogP contribution in [-0.2, 0) is 0 Å². The maximum Gasteiger partial charge on any atom is 0.307 e. The second-order valence-corrected chi connectivity index (χ2v) is 6.80. The topological polar surface area (TPSA) is 58.4 Å². The van der Waals surface area contributed by atoms with Crippen molar-refractivity contribution >= 4 is 17.5 Å². The van der Waals surface area contributed by atoms with Gasteiger partial charge in [0.2, 0.25) is 0 Å². The van der Waals surface area contributed by atoms with Crippen LogP contribution in [0.25, 0.3) is 11.3 Å². The highest BCUT2D eigenvalue weighted by atomic mass is 35.5. The van der Waals surface area contributed by atoms with Crippen molar-refractivity contribution in [2.24, 2.45) is 5.92 Å². The lowest BCUT2D eigenvalue weighted by atomic mass is 9.97. The van der Waals surface area contributed by atoms with E-state index in [9.17, 15) is 4.79 Å². The average molecular weight is 332 g/mol. The Kier molecular flexibility index (Phi) is 3.83. The SMILES string of the molecule is O=C(N[C@@H]1C[C@@H]2CCN(C2)C1)c1ncc(-c2cccc(Cl)c2)o1. The number of rotatable bonds is 3. The minimum atomic E-state index is -0.245. The van der Waals surface area contributed by atoms with E-state index in [0.29, 0.717) is 16.7 Å². The Hall–Kier alpha value is -1.85. The van der Waals surface area contributed by atoms with Gasteiger partial charge in [-0.3, -0.25) is 4.79 Å². The standard InChI is InChI=1S/C17H18ClN3O2/c18-13-3-1-2-12(7-13)15-8-19-17(23-15)16(22)20-14-6-11-4-5-21(9-11)10-14/h1-3,7-8,11,14H,4-6,9-10H2,(H,20,22)/t11-,14+/m0/s1. The fourth-order valence-corrected chi connectivity index (χ4v) is 3.76. The van der Waals surface area contributed by atoms with E-state index >= 15 is 0 Å². The number of benzene rings is 1. The van der Waals surface area contributed by atoms with Crippen molar-refractivity contribution in [1.82, 2.24) is 15.2 Å². The highest BCUT2D eigenvalue weighted by Crippen LogP contribution is 2.27. The first-order valence-corrected chi connectivity index (χ1v) is 8.30. The van der Waals surface area contributed by atoms with Gasteiger partial charge in [-0.25, -0.2) is 4.98 Å². The molecule has 1 unspecified atom stereocenters. The van der Waals surface area contributed by atoms with Gasteiger partial charge in [0, 0.05) is 29.7 Å². The largest absolute Gasteiger partial charge is 0.432 e. The number of hydrogen-bond donors (Lipinski definition) is 1. The Morgan fingerprint density at radius 2 is 2.30 bits per heavy atom. The van der Waals surface area contributed by atoms with E-state index in [1.165, 1.54) is 13.0 Å². The Balaban J connectivity index is 1.45. The second-order valence-electron chi connectivity index (χ2n) is 6.36. The van der Waals surface area contributed by atoms with Crippen LogP contribution < -0.4 is 5.32 Å². The van der Waals surface area contributed by atoms with E-state index in [1.807, 2.05) is 12.1 Å². The van der Waals surface area contributed by atoms with Crippen LogP contribution in [0.2, 0.25) is 5.02 Å². The zero-order chi connectivity index (χ0) is 15.8. The van der Waals surface area contributed by atoms with Gasteiger partial charge < -0.3 is 14.6 Å². The van der Waals surface area contributed by atoms with Crippen LogP contribution in [0.4, 0.5) is 0 Å². The molecule has 2 fully saturated rings. The van der Waals surface area contributed by atoms with Crippen LogP contribution in [0.3, 0.4) is 0 Å². The van der Waals surface area contributed by atoms with Crippen LogP contribution in [0.1, 0.15) is 23.5 Å². The first kappa shape index (κ1) is 14.7. The fraction of sp³-hybridized carbons (Fsp3) is 0.412. The molecule has 23 heavy (non-hydrogen) atoms. The Labute approximate surface area is 139 Å². The third-order valence-corrected chi connectivity index (χ3v) is 4.85. The molecule has 2 bridgehead atoms. The van der Waals surface area contributed by atoms with Gasteiger partial charge in [-0.15, -0.1) is 0 Å². The first-order chi connectivity index (χ1) is 11.2. The zero-order valence-corrected chi connectivity index (χ0v) is 13.4. The molecule has 120 valence electrons. The number of aromatic nitrogens is 1. The van der Waals surface area contributed by atoms with E-state index < -0.39 is 0 Å². The van der Waals surface area contributed by atoms with Crippen molar-refractivity contribution in [2.75, 3.05) is 19.6 Å². The van der Waals surface area contributed by atoms with E-state index in [1.54, 1.807) is 18.3 Å². The molecule has 3 atom stereocenters. The van der Waals surface area contributed by atoms with Gasteiger partial charge in [-0.2, -0.15) is 0 Å². The van der Waals surface area contributed by atoms with E-state index in [-0.39, 0.29) is 17.8 Å². The molecule has 2 saturated heterocycles. The van der Waals surface area contributed by atoms with Crippen molar-refractivity contribution in [2.45, 2.75) is 18.9 Å². The summed E-state index contributed by atoms with van der Waals surface area (Å²) in [5.41, 5.74) is 0.811. The van der Waals surface area contributed by atoms with Gasteiger partial charge in [0.05, 0.1) is 6.20 Å². The minimum absolute atomic E-state index is 0.105. The second kappa shape index (κ2) is 5.98. The van der Waals surface area contributed by atoms with Crippen molar-refractivity contribution in [3.63, 3.8) is 0 Å². The molecule has 5 nitrogen and oxygen atoms in total. The fourth-order valence-electron chi connectivity index (χ4n) is 3.57. The molecule has 1 aromatic heterocycles. The summed E-state index contributed by atoms with van der Waals surface area (Å²) in [6.07, 6.45) is 3.85. The monoisotopic (exact) mass is 331 g/mol. The molecule has 0 aliphatic carbocycles. The van der Waals surface area contributed by atoms with Gasteiger partial charge >= 0.3 is 5.91 Å². The molecule has 1 aromatic carbocycles. The molecule has 1 N–H and O–H groups in total. The Bertz CT molecular complexity index is 718. The number of halogens is 1. The lowest BCUT2D eigenvalue weighted by Crippen LogP contribution is -2.47. The molecule has 0 saturated carbocycles. The number of nitrogens with zero attached hydrogens (tertiary/aromatic N) is 2. The van der Waals surface area contributed by atoms with Crippen LogP contribution in [0.5, 0.6) is 0 Å². The number of carbonyl (C=O) groups excluding carboxylic acids is 1. The highest BCUT2D eigenvalue weighted by molar-refractivity contribution is 6.30. The quantitative estimate of drug-likeness (QED) is 0.939. The van der Waals surface area contributed by atoms with Gasteiger partial charge in [-0.05, 0) is 37.4 Å². The van der Waals surface area contributed by atoms with Crippen molar-refractivity contribution in [3.05, 3.63) is 41.4 Å². The van der Waals surface area contributed by atoms with Gasteiger partial charge in [0.25, 0.3) is 5.89 Å². The summed E-state index contributed by atoms with van der Waals surface area (Å²) in [5, 5.41) is 3.67. The van der Waals surface area contributed by atoms with Crippen molar-refractivity contribution in [1.29, 1.82) is 0 Å². The lowest BCUT2D eigenvalue weighted by Gasteiger charge is -2.30. The molecular weight excluding hydrogens is 314 g/mol. The lowest BCUT2D eigenvalue weighted by molar-refractivity contribution is 0.0875. The first-order valence-electron chi connectivity index (χ1n) is 7.92. The number of amides is 1. The number of hydrogen-bond acceptors (Lipinski definition) is 4. The van der Waals surface area contributed by atoms with E-state index in [2.05, 4.69) is 15.2 Å². The van der Waals surface area contributed by atoms with Gasteiger partial charge in [0.1, 0.15) is 0 Å². The number of carbonyl (C=O) groups is 1. The minimum Gasteiger partial charge on any atom is -0.432 e. The molecule has 1 amide bonds. The predicted octanol–water partition coefficient (Wildman–Crippen LogP) is 2.82. The van der Waals surface area contributed by atoms with Crippen molar-refractivity contribution in [3.8, 4) is 11.3 Å². The maximum atomic E-state index is 12.3. The molecule has 2 aromatic rings. The number of piperidine rings is 1. The highest BCUT2D eigenvalue weighted by Gasteiger charge is 2.33. The number of fused-ring (bicyclic) bond motifs is 2. The Morgan fingerprint density at radius 3 is 3.13 bits per heavy atom. The molecule has 2 aliphatic rings. The molecule has 3 heterocycles. The third-order valence-electron chi connectivity index (χ3n) is 4.61. The maximum absolute atomic E-state index is 12.3. The molecule has 0 spiro atoms. The Morgan fingerprint density at radius 1 is 1.39 bits per heavy atom. The smallest absolute Gasteiger partial charge is 0.307 e.